The minimum atomic E-state index is -3.26. The molecule has 6 heteroatoms. The average molecular weight is 406 g/mol. The lowest BCUT2D eigenvalue weighted by molar-refractivity contribution is 0.602. The number of aromatic nitrogens is 1. The van der Waals surface area contributed by atoms with E-state index < -0.39 is 9.84 Å². The number of hydrogen-bond acceptors (Lipinski definition) is 3. The molecule has 0 atom stereocenters. The number of hydrogen-bond donors (Lipinski definition) is 1. The predicted octanol–water partition coefficient (Wildman–Crippen LogP) is 3.92. The highest BCUT2D eigenvalue weighted by Gasteiger charge is 2.15. The summed E-state index contributed by atoms with van der Waals surface area (Å²) in [6.45, 7) is 2.00. The van der Waals surface area contributed by atoms with Crippen LogP contribution in [0.15, 0.2) is 56.6 Å². The van der Waals surface area contributed by atoms with Crippen LogP contribution in [-0.4, -0.2) is 19.7 Å². The van der Waals surface area contributed by atoms with Crippen molar-refractivity contribution in [1.29, 1.82) is 0 Å². The Labute approximate surface area is 148 Å². The molecule has 0 spiro atoms. The Morgan fingerprint density at radius 2 is 1.75 bits per heavy atom. The van der Waals surface area contributed by atoms with E-state index in [4.69, 9.17) is 0 Å². The second kappa shape index (κ2) is 6.18. The van der Waals surface area contributed by atoms with E-state index in [2.05, 4.69) is 20.9 Å². The first kappa shape index (κ1) is 16.9. The molecule has 0 radical (unpaired) electrons. The standard InChI is InChI=1S/C18H16BrNO3S/c1-3-14-15-10-12(19)6-9-16(15)20-18(21)17(14)11-4-7-13(8-5-11)24(2,22)23/h4-10H,3H2,1-2H3,(H,20,21). The molecule has 1 heterocycles. The van der Waals surface area contributed by atoms with Gasteiger partial charge in [-0.25, -0.2) is 8.42 Å². The second-order valence-electron chi connectivity index (χ2n) is 5.65. The van der Waals surface area contributed by atoms with Crippen LogP contribution >= 0.6 is 15.9 Å². The Morgan fingerprint density at radius 1 is 1.08 bits per heavy atom. The van der Waals surface area contributed by atoms with Crippen molar-refractivity contribution in [3.05, 3.63) is 62.9 Å². The number of aryl methyl sites for hydroxylation is 1. The zero-order chi connectivity index (χ0) is 17.5. The number of rotatable bonds is 3. The summed E-state index contributed by atoms with van der Waals surface area (Å²) in [6.07, 6.45) is 1.86. The molecule has 0 saturated heterocycles. The largest absolute Gasteiger partial charge is 0.321 e. The molecule has 0 aliphatic rings. The summed E-state index contributed by atoms with van der Waals surface area (Å²) in [5.74, 6) is 0. The zero-order valence-corrected chi connectivity index (χ0v) is 15.7. The van der Waals surface area contributed by atoms with E-state index in [1.54, 1.807) is 12.1 Å². The van der Waals surface area contributed by atoms with Crippen LogP contribution < -0.4 is 5.56 Å². The highest BCUT2D eigenvalue weighted by Crippen LogP contribution is 2.29. The van der Waals surface area contributed by atoms with Gasteiger partial charge in [0.2, 0.25) is 0 Å². The molecule has 0 aliphatic heterocycles. The number of benzene rings is 2. The van der Waals surface area contributed by atoms with Gasteiger partial charge in [0.25, 0.3) is 5.56 Å². The Hall–Kier alpha value is -1.92. The van der Waals surface area contributed by atoms with E-state index in [0.717, 1.165) is 20.9 Å². The topological polar surface area (TPSA) is 67.0 Å². The number of halogens is 1. The van der Waals surface area contributed by atoms with E-state index in [1.165, 1.54) is 18.4 Å². The highest BCUT2D eigenvalue weighted by atomic mass is 79.9. The summed E-state index contributed by atoms with van der Waals surface area (Å²) in [7, 11) is -3.26. The molecular formula is C18H16BrNO3S. The third-order valence-electron chi connectivity index (χ3n) is 4.01. The maximum absolute atomic E-state index is 12.6. The van der Waals surface area contributed by atoms with E-state index >= 15 is 0 Å². The van der Waals surface area contributed by atoms with Crippen LogP contribution in [0.3, 0.4) is 0 Å². The van der Waals surface area contributed by atoms with Crippen molar-refractivity contribution < 1.29 is 8.42 Å². The molecule has 124 valence electrons. The number of aromatic amines is 1. The first-order valence-electron chi connectivity index (χ1n) is 7.46. The maximum atomic E-state index is 12.6. The van der Waals surface area contributed by atoms with Crippen molar-refractivity contribution >= 4 is 36.7 Å². The van der Waals surface area contributed by atoms with Crippen LogP contribution in [0.25, 0.3) is 22.0 Å². The monoisotopic (exact) mass is 405 g/mol. The predicted molar refractivity (Wildman–Crippen MR) is 100 cm³/mol. The molecular weight excluding hydrogens is 390 g/mol. The van der Waals surface area contributed by atoms with Gasteiger partial charge in [0, 0.05) is 21.6 Å². The molecule has 0 fully saturated rings. The minimum absolute atomic E-state index is 0.172. The van der Waals surface area contributed by atoms with E-state index in [9.17, 15) is 13.2 Å². The number of pyridine rings is 1. The van der Waals surface area contributed by atoms with E-state index in [-0.39, 0.29) is 10.5 Å². The Bertz CT molecular complexity index is 1080. The Morgan fingerprint density at radius 3 is 2.33 bits per heavy atom. The van der Waals surface area contributed by atoms with Crippen molar-refractivity contribution in [2.45, 2.75) is 18.2 Å². The van der Waals surface area contributed by atoms with Crippen LogP contribution in [0.1, 0.15) is 12.5 Å². The molecule has 2 aromatic carbocycles. The first-order chi connectivity index (χ1) is 11.3. The van der Waals surface area contributed by atoms with Gasteiger partial charge in [-0.15, -0.1) is 0 Å². The van der Waals surface area contributed by atoms with Gasteiger partial charge >= 0.3 is 0 Å². The molecule has 1 N–H and O–H groups in total. The summed E-state index contributed by atoms with van der Waals surface area (Å²) in [4.78, 5) is 15.7. The molecule has 0 amide bonds. The molecule has 4 nitrogen and oxygen atoms in total. The fourth-order valence-corrected chi connectivity index (χ4v) is 3.86. The van der Waals surface area contributed by atoms with Gasteiger partial charge in [-0.2, -0.15) is 0 Å². The Balaban J connectivity index is 2.29. The fraction of sp³-hybridized carbons (Fsp3) is 0.167. The van der Waals surface area contributed by atoms with Gasteiger partial charge in [-0.05, 0) is 47.9 Å². The summed E-state index contributed by atoms with van der Waals surface area (Å²) in [6, 6.07) is 12.2. The quantitative estimate of drug-likeness (QED) is 0.717. The number of sulfone groups is 1. The third kappa shape index (κ3) is 3.03. The molecule has 24 heavy (non-hydrogen) atoms. The van der Waals surface area contributed by atoms with E-state index in [1.807, 2.05) is 25.1 Å². The van der Waals surface area contributed by atoms with Crippen LogP contribution in [0.5, 0.6) is 0 Å². The number of fused-ring (bicyclic) bond motifs is 1. The third-order valence-corrected chi connectivity index (χ3v) is 5.63. The van der Waals surface area contributed by atoms with Gasteiger partial charge < -0.3 is 4.98 Å². The highest BCUT2D eigenvalue weighted by molar-refractivity contribution is 9.10. The lowest BCUT2D eigenvalue weighted by Gasteiger charge is -2.12. The summed E-state index contributed by atoms with van der Waals surface area (Å²) in [5, 5.41) is 0.980. The van der Waals surface area contributed by atoms with Gasteiger partial charge in [0.05, 0.1) is 10.5 Å². The lowest BCUT2D eigenvalue weighted by Crippen LogP contribution is -2.12. The van der Waals surface area contributed by atoms with Crippen molar-refractivity contribution in [2.75, 3.05) is 6.26 Å². The molecule has 0 bridgehead atoms. The van der Waals surface area contributed by atoms with Crippen LogP contribution in [0.2, 0.25) is 0 Å². The summed E-state index contributed by atoms with van der Waals surface area (Å²) < 4.78 is 24.2. The van der Waals surface area contributed by atoms with Crippen molar-refractivity contribution in [2.24, 2.45) is 0 Å². The maximum Gasteiger partial charge on any atom is 0.256 e. The van der Waals surface area contributed by atoms with Crippen molar-refractivity contribution in [3.63, 3.8) is 0 Å². The van der Waals surface area contributed by atoms with E-state index in [0.29, 0.717) is 17.5 Å². The summed E-state index contributed by atoms with van der Waals surface area (Å²) in [5.41, 5.74) is 2.86. The molecule has 3 rings (SSSR count). The van der Waals surface area contributed by atoms with Crippen LogP contribution in [-0.2, 0) is 16.3 Å². The summed E-state index contributed by atoms with van der Waals surface area (Å²) >= 11 is 3.47. The van der Waals surface area contributed by atoms with Gasteiger partial charge in [0.15, 0.2) is 9.84 Å². The van der Waals surface area contributed by atoms with Gasteiger partial charge in [0.1, 0.15) is 0 Å². The fourth-order valence-electron chi connectivity index (χ4n) is 2.87. The minimum Gasteiger partial charge on any atom is -0.321 e. The normalized spacial score (nSPS) is 11.8. The lowest BCUT2D eigenvalue weighted by atomic mass is 9.96. The average Bonchev–Trinajstić information content (AvgIpc) is 2.53. The van der Waals surface area contributed by atoms with Crippen LogP contribution in [0.4, 0.5) is 0 Å². The number of nitrogens with one attached hydrogen (secondary N) is 1. The second-order valence-corrected chi connectivity index (χ2v) is 8.58. The van der Waals surface area contributed by atoms with Gasteiger partial charge in [-0.3, -0.25) is 4.79 Å². The molecule has 1 aromatic heterocycles. The van der Waals surface area contributed by atoms with Gasteiger partial charge in [-0.1, -0.05) is 35.0 Å². The molecule has 0 unspecified atom stereocenters. The zero-order valence-electron chi connectivity index (χ0n) is 13.3. The number of H-pyrrole nitrogens is 1. The van der Waals surface area contributed by atoms with Crippen molar-refractivity contribution in [1.82, 2.24) is 4.98 Å². The smallest absolute Gasteiger partial charge is 0.256 e. The molecule has 0 saturated carbocycles. The first-order valence-corrected chi connectivity index (χ1v) is 10.1. The molecule has 0 aliphatic carbocycles. The van der Waals surface area contributed by atoms with Crippen LogP contribution in [0, 0.1) is 0 Å². The molecule has 3 aromatic rings. The SMILES string of the molecule is CCc1c(-c2ccc(S(C)(=O)=O)cc2)c(=O)[nH]c2ccc(Br)cc12. The Kier molecular flexibility index (Phi) is 4.36. The van der Waals surface area contributed by atoms with Crippen molar-refractivity contribution in [3.8, 4) is 11.1 Å².